The monoisotopic (exact) mass is 229 g/mol. The molecule has 90 valence electrons. The van der Waals surface area contributed by atoms with Gasteiger partial charge in [0.2, 0.25) is 0 Å². The number of nitrogens with zero attached hydrogens (tertiary/aromatic N) is 2. The standard InChI is InChI=1S/C14H19N3/c1-11-6-4-5-7-12(11)14-13(8-9-15-2)16-10-17(14)3/h4-7,10,15H,8-9H2,1-3H3. The van der Waals surface area contributed by atoms with Crippen molar-refractivity contribution in [1.82, 2.24) is 14.9 Å². The summed E-state index contributed by atoms with van der Waals surface area (Å²) in [4.78, 5) is 4.49. The number of hydrogen-bond acceptors (Lipinski definition) is 2. The summed E-state index contributed by atoms with van der Waals surface area (Å²) in [5.41, 5.74) is 4.97. The first-order valence-corrected chi connectivity index (χ1v) is 5.95. The summed E-state index contributed by atoms with van der Waals surface area (Å²) in [7, 11) is 4.02. The average molecular weight is 229 g/mol. The Labute approximate surface area is 103 Å². The van der Waals surface area contributed by atoms with Crippen LogP contribution in [0.4, 0.5) is 0 Å². The molecule has 3 nitrogen and oxygen atoms in total. The zero-order valence-electron chi connectivity index (χ0n) is 10.7. The third kappa shape index (κ3) is 2.39. The molecular weight excluding hydrogens is 210 g/mol. The second kappa shape index (κ2) is 5.15. The van der Waals surface area contributed by atoms with E-state index in [0.717, 1.165) is 18.7 Å². The van der Waals surface area contributed by atoms with Crippen LogP contribution in [0.25, 0.3) is 11.3 Å². The van der Waals surface area contributed by atoms with Crippen LogP contribution >= 0.6 is 0 Å². The summed E-state index contributed by atoms with van der Waals surface area (Å²) in [5.74, 6) is 0. The lowest BCUT2D eigenvalue weighted by atomic mass is 10.0. The van der Waals surface area contributed by atoms with Crippen molar-refractivity contribution >= 4 is 0 Å². The smallest absolute Gasteiger partial charge is 0.0951 e. The number of nitrogens with one attached hydrogen (secondary N) is 1. The Hall–Kier alpha value is -1.61. The first-order chi connectivity index (χ1) is 8.24. The van der Waals surface area contributed by atoms with Gasteiger partial charge in [-0.1, -0.05) is 24.3 Å². The highest BCUT2D eigenvalue weighted by molar-refractivity contribution is 5.66. The molecule has 2 rings (SSSR count). The van der Waals surface area contributed by atoms with Gasteiger partial charge >= 0.3 is 0 Å². The summed E-state index contributed by atoms with van der Waals surface area (Å²) in [6.45, 7) is 3.10. The van der Waals surface area contributed by atoms with Crippen LogP contribution in [0.15, 0.2) is 30.6 Å². The predicted octanol–water partition coefficient (Wildman–Crippen LogP) is 2.16. The van der Waals surface area contributed by atoms with E-state index in [-0.39, 0.29) is 0 Å². The molecule has 0 aliphatic heterocycles. The maximum Gasteiger partial charge on any atom is 0.0951 e. The van der Waals surface area contributed by atoms with E-state index >= 15 is 0 Å². The van der Waals surface area contributed by atoms with Crippen LogP contribution in [0.2, 0.25) is 0 Å². The SMILES string of the molecule is CNCCc1ncn(C)c1-c1ccccc1C. The van der Waals surface area contributed by atoms with Gasteiger partial charge in [0.25, 0.3) is 0 Å². The molecule has 1 heterocycles. The minimum atomic E-state index is 0.954. The Kier molecular flexibility index (Phi) is 3.59. The number of rotatable bonds is 4. The summed E-state index contributed by atoms with van der Waals surface area (Å²) >= 11 is 0. The fraction of sp³-hybridized carbons (Fsp3) is 0.357. The molecule has 3 heteroatoms. The Morgan fingerprint density at radius 3 is 2.76 bits per heavy atom. The van der Waals surface area contributed by atoms with Crippen LogP contribution < -0.4 is 5.32 Å². The molecule has 0 atom stereocenters. The molecule has 0 aliphatic carbocycles. The number of hydrogen-bond donors (Lipinski definition) is 1. The number of benzene rings is 1. The fourth-order valence-electron chi connectivity index (χ4n) is 2.09. The predicted molar refractivity (Wildman–Crippen MR) is 71.0 cm³/mol. The van der Waals surface area contributed by atoms with Crippen molar-refractivity contribution in [2.45, 2.75) is 13.3 Å². The van der Waals surface area contributed by atoms with E-state index in [0.29, 0.717) is 0 Å². The van der Waals surface area contributed by atoms with Crippen LogP contribution in [-0.2, 0) is 13.5 Å². The van der Waals surface area contributed by atoms with Crippen LogP contribution in [0, 0.1) is 6.92 Å². The van der Waals surface area contributed by atoms with Crippen LogP contribution in [-0.4, -0.2) is 23.1 Å². The van der Waals surface area contributed by atoms with Gasteiger partial charge in [-0.05, 0) is 19.5 Å². The van der Waals surface area contributed by atoms with Crippen molar-refractivity contribution in [1.29, 1.82) is 0 Å². The molecule has 0 saturated heterocycles. The molecule has 0 spiro atoms. The van der Waals surface area contributed by atoms with Crippen molar-refractivity contribution in [2.24, 2.45) is 7.05 Å². The molecule has 0 unspecified atom stereocenters. The Balaban J connectivity index is 2.44. The Bertz CT molecular complexity index is 500. The van der Waals surface area contributed by atoms with E-state index in [1.165, 1.54) is 16.8 Å². The number of aryl methyl sites for hydroxylation is 2. The van der Waals surface area contributed by atoms with E-state index in [4.69, 9.17) is 0 Å². The maximum absolute atomic E-state index is 4.49. The molecule has 1 aromatic carbocycles. The Morgan fingerprint density at radius 2 is 2.06 bits per heavy atom. The molecule has 0 bridgehead atoms. The molecule has 17 heavy (non-hydrogen) atoms. The largest absolute Gasteiger partial charge is 0.334 e. The van der Waals surface area contributed by atoms with Gasteiger partial charge < -0.3 is 9.88 Å². The van der Waals surface area contributed by atoms with E-state index in [9.17, 15) is 0 Å². The van der Waals surface area contributed by atoms with E-state index in [1.54, 1.807) is 0 Å². The Morgan fingerprint density at radius 1 is 1.29 bits per heavy atom. The number of likely N-dealkylation sites (N-methyl/N-ethyl adjacent to an activating group) is 1. The van der Waals surface area contributed by atoms with Gasteiger partial charge in [0.15, 0.2) is 0 Å². The molecule has 0 saturated carbocycles. The summed E-state index contributed by atoms with van der Waals surface area (Å²) in [6, 6.07) is 8.46. The van der Waals surface area contributed by atoms with Crippen molar-refractivity contribution in [3.63, 3.8) is 0 Å². The lowest BCUT2D eigenvalue weighted by Crippen LogP contribution is -2.11. The first kappa shape index (κ1) is 11.9. The van der Waals surface area contributed by atoms with E-state index in [2.05, 4.69) is 53.1 Å². The number of aromatic nitrogens is 2. The molecule has 0 radical (unpaired) electrons. The van der Waals surface area contributed by atoms with Crippen molar-refractivity contribution in [3.05, 3.63) is 41.9 Å². The third-order valence-corrected chi connectivity index (χ3v) is 3.02. The molecule has 1 aromatic heterocycles. The molecule has 1 N–H and O–H groups in total. The first-order valence-electron chi connectivity index (χ1n) is 5.95. The summed E-state index contributed by atoms with van der Waals surface area (Å²) in [5, 5.41) is 3.17. The van der Waals surface area contributed by atoms with E-state index in [1.807, 2.05) is 13.4 Å². The second-order valence-corrected chi connectivity index (χ2v) is 4.32. The van der Waals surface area contributed by atoms with Gasteiger partial charge in [-0.15, -0.1) is 0 Å². The molecule has 0 amide bonds. The summed E-state index contributed by atoms with van der Waals surface area (Å²) in [6.07, 6.45) is 2.85. The normalized spacial score (nSPS) is 10.8. The van der Waals surface area contributed by atoms with Crippen molar-refractivity contribution in [2.75, 3.05) is 13.6 Å². The van der Waals surface area contributed by atoms with Gasteiger partial charge in [0, 0.05) is 25.6 Å². The highest BCUT2D eigenvalue weighted by atomic mass is 15.0. The number of imidazole rings is 1. The molecule has 0 fully saturated rings. The van der Waals surface area contributed by atoms with Crippen LogP contribution in [0.1, 0.15) is 11.3 Å². The van der Waals surface area contributed by atoms with Gasteiger partial charge in [-0.25, -0.2) is 4.98 Å². The van der Waals surface area contributed by atoms with Crippen molar-refractivity contribution in [3.8, 4) is 11.3 Å². The van der Waals surface area contributed by atoms with E-state index < -0.39 is 0 Å². The lowest BCUT2D eigenvalue weighted by molar-refractivity contribution is 0.780. The molecule has 2 aromatic rings. The highest BCUT2D eigenvalue weighted by Gasteiger charge is 2.12. The van der Waals surface area contributed by atoms with Crippen LogP contribution in [0.3, 0.4) is 0 Å². The zero-order valence-corrected chi connectivity index (χ0v) is 10.7. The molecule has 0 aliphatic rings. The summed E-state index contributed by atoms with van der Waals surface area (Å²) < 4.78 is 2.10. The fourth-order valence-corrected chi connectivity index (χ4v) is 2.09. The second-order valence-electron chi connectivity index (χ2n) is 4.32. The lowest BCUT2D eigenvalue weighted by Gasteiger charge is -2.09. The highest BCUT2D eigenvalue weighted by Crippen LogP contribution is 2.25. The quantitative estimate of drug-likeness (QED) is 0.870. The van der Waals surface area contributed by atoms with Gasteiger partial charge in [-0.3, -0.25) is 0 Å². The third-order valence-electron chi connectivity index (χ3n) is 3.02. The zero-order chi connectivity index (χ0) is 12.3. The average Bonchev–Trinajstić information content (AvgIpc) is 2.69. The molecular formula is C14H19N3. The minimum Gasteiger partial charge on any atom is -0.334 e. The van der Waals surface area contributed by atoms with Crippen molar-refractivity contribution < 1.29 is 0 Å². The van der Waals surface area contributed by atoms with Gasteiger partial charge in [-0.2, -0.15) is 0 Å². The van der Waals surface area contributed by atoms with Gasteiger partial charge in [0.05, 0.1) is 17.7 Å². The maximum atomic E-state index is 4.49. The topological polar surface area (TPSA) is 29.9 Å². The van der Waals surface area contributed by atoms with Gasteiger partial charge in [0.1, 0.15) is 0 Å². The van der Waals surface area contributed by atoms with Crippen LogP contribution in [0.5, 0.6) is 0 Å². The minimum absolute atomic E-state index is 0.954.